The van der Waals surface area contributed by atoms with E-state index in [2.05, 4.69) is 0 Å². The Morgan fingerprint density at radius 3 is 1.83 bits per heavy atom. The van der Waals surface area contributed by atoms with E-state index < -0.39 is 55.3 Å². The number of amides is 1. The molecule has 1 atom stereocenters. The molecule has 1 amide bonds. The summed E-state index contributed by atoms with van der Waals surface area (Å²) >= 11 is 0. The summed E-state index contributed by atoms with van der Waals surface area (Å²) in [4.78, 5) is 23.2. The summed E-state index contributed by atoms with van der Waals surface area (Å²) in [5.74, 6) is -3.84. The monoisotopic (exact) mass is 386 g/mol. The van der Waals surface area contributed by atoms with Crippen molar-refractivity contribution in [3.8, 4) is 0 Å². The highest BCUT2D eigenvalue weighted by Crippen LogP contribution is 2.19. The van der Waals surface area contributed by atoms with E-state index in [1.807, 2.05) is 0 Å². The SMILES string of the molecule is CCCC(CCC)S(=O)(=O)C[C@@H](C(=O)O)N(C(=O)CN)S(C)(=O)=O. The molecule has 24 heavy (non-hydrogen) atoms. The van der Waals surface area contributed by atoms with Crippen LogP contribution in [0.5, 0.6) is 0 Å². The molecule has 0 saturated carbocycles. The number of carboxylic acid groups (broad SMARTS) is 1. The summed E-state index contributed by atoms with van der Waals surface area (Å²) in [5, 5.41) is 8.52. The van der Waals surface area contributed by atoms with Gasteiger partial charge in [0.2, 0.25) is 10.0 Å². The summed E-state index contributed by atoms with van der Waals surface area (Å²) in [5.41, 5.74) is 5.13. The van der Waals surface area contributed by atoms with Crippen LogP contribution in [0.15, 0.2) is 0 Å². The van der Waals surface area contributed by atoms with Gasteiger partial charge in [-0.2, -0.15) is 0 Å². The lowest BCUT2D eigenvalue weighted by molar-refractivity contribution is -0.144. The Kier molecular flexibility index (Phi) is 8.86. The minimum Gasteiger partial charge on any atom is -0.480 e. The number of nitrogens with two attached hydrogens (primary N) is 1. The molecule has 0 radical (unpaired) electrons. The van der Waals surface area contributed by atoms with Crippen LogP contribution < -0.4 is 5.73 Å². The number of hydrogen-bond donors (Lipinski definition) is 2. The Hall–Kier alpha value is -1.20. The number of nitrogens with zero attached hydrogens (tertiary/aromatic N) is 1. The summed E-state index contributed by atoms with van der Waals surface area (Å²) in [6.07, 6.45) is 2.48. The fourth-order valence-electron chi connectivity index (χ4n) is 2.42. The lowest BCUT2D eigenvalue weighted by atomic mass is 10.2. The molecule has 142 valence electrons. The van der Waals surface area contributed by atoms with Gasteiger partial charge in [-0.15, -0.1) is 0 Å². The minimum absolute atomic E-state index is 0.0574. The maximum absolute atomic E-state index is 12.5. The van der Waals surface area contributed by atoms with Crippen molar-refractivity contribution in [1.29, 1.82) is 0 Å². The Labute approximate surface area is 143 Å². The van der Waals surface area contributed by atoms with Crippen LogP contribution in [0.2, 0.25) is 0 Å². The van der Waals surface area contributed by atoms with Gasteiger partial charge in [0.25, 0.3) is 5.91 Å². The van der Waals surface area contributed by atoms with E-state index in [1.54, 1.807) is 13.8 Å². The molecule has 0 aromatic rings. The highest BCUT2D eigenvalue weighted by Gasteiger charge is 2.40. The van der Waals surface area contributed by atoms with E-state index in [-0.39, 0.29) is 4.31 Å². The van der Waals surface area contributed by atoms with E-state index in [0.29, 0.717) is 31.9 Å². The first-order valence-electron chi connectivity index (χ1n) is 7.58. The predicted molar refractivity (Wildman–Crippen MR) is 89.6 cm³/mol. The molecule has 0 aliphatic heterocycles. The van der Waals surface area contributed by atoms with Gasteiger partial charge in [-0.25, -0.2) is 25.9 Å². The Balaban J connectivity index is 5.84. The van der Waals surface area contributed by atoms with Crippen LogP contribution >= 0.6 is 0 Å². The number of carboxylic acids is 1. The summed E-state index contributed by atoms with van der Waals surface area (Å²) in [6.45, 7) is 2.85. The maximum Gasteiger partial charge on any atom is 0.328 e. The normalized spacial score (nSPS) is 13.7. The van der Waals surface area contributed by atoms with E-state index in [9.17, 15) is 31.5 Å². The molecule has 0 aromatic heterocycles. The quantitative estimate of drug-likeness (QED) is 0.485. The largest absolute Gasteiger partial charge is 0.480 e. The zero-order chi connectivity index (χ0) is 19.1. The molecule has 0 aromatic carbocycles. The molecule has 11 heteroatoms. The molecule has 0 aliphatic rings. The number of aliphatic carboxylic acids is 1. The van der Waals surface area contributed by atoms with Crippen LogP contribution in [-0.2, 0) is 29.4 Å². The van der Waals surface area contributed by atoms with Crippen LogP contribution in [0.25, 0.3) is 0 Å². The second-order valence-electron chi connectivity index (χ2n) is 5.54. The van der Waals surface area contributed by atoms with Gasteiger partial charge in [-0.1, -0.05) is 26.7 Å². The van der Waals surface area contributed by atoms with Gasteiger partial charge >= 0.3 is 5.97 Å². The van der Waals surface area contributed by atoms with Crippen molar-refractivity contribution >= 4 is 31.7 Å². The van der Waals surface area contributed by atoms with Gasteiger partial charge in [0.05, 0.1) is 23.8 Å². The lowest BCUT2D eigenvalue weighted by Crippen LogP contribution is -2.53. The number of sulfone groups is 1. The summed E-state index contributed by atoms with van der Waals surface area (Å²) in [7, 11) is -8.20. The molecule has 9 nitrogen and oxygen atoms in total. The fraction of sp³-hybridized carbons (Fsp3) is 0.846. The van der Waals surface area contributed by atoms with Gasteiger partial charge in [0.1, 0.15) is 0 Å². The van der Waals surface area contributed by atoms with Crippen LogP contribution in [0.4, 0.5) is 0 Å². The molecule has 0 saturated heterocycles. The molecule has 0 spiro atoms. The average molecular weight is 386 g/mol. The average Bonchev–Trinajstić information content (AvgIpc) is 2.44. The van der Waals surface area contributed by atoms with Gasteiger partial charge in [0.15, 0.2) is 15.9 Å². The second kappa shape index (κ2) is 9.33. The molecule has 0 bridgehead atoms. The van der Waals surface area contributed by atoms with Gasteiger partial charge in [0, 0.05) is 0 Å². The smallest absolute Gasteiger partial charge is 0.328 e. The number of sulfonamides is 1. The third-order valence-electron chi connectivity index (χ3n) is 3.47. The van der Waals surface area contributed by atoms with Gasteiger partial charge in [-0.05, 0) is 12.8 Å². The number of carbonyl (C=O) groups excluding carboxylic acids is 1. The molecule has 0 fully saturated rings. The first kappa shape index (κ1) is 22.8. The Morgan fingerprint density at radius 1 is 1.08 bits per heavy atom. The number of rotatable bonds is 11. The topological polar surface area (TPSA) is 152 Å². The van der Waals surface area contributed by atoms with Crippen molar-refractivity contribution < 1.29 is 31.5 Å². The molecular weight excluding hydrogens is 360 g/mol. The van der Waals surface area contributed by atoms with Crippen LogP contribution in [0, 0.1) is 0 Å². The molecule has 0 aliphatic carbocycles. The van der Waals surface area contributed by atoms with Gasteiger partial charge in [-0.3, -0.25) is 4.79 Å². The zero-order valence-corrected chi connectivity index (χ0v) is 15.8. The predicted octanol–water partition coefficient (Wildman–Crippen LogP) is -0.430. The lowest BCUT2D eigenvalue weighted by Gasteiger charge is -2.27. The summed E-state index contributed by atoms with van der Waals surface area (Å²) in [6, 6.07) is -2.03. The minimum atomic E-state index is -4.28. The van der Waals surface area contributed by atoms with Crippen LogP contribution in [0.3, 0.4) is 0 Å². The third kappa shape index (κ3) is 6.36. The van der Waals surface area contributed by atoms with Gasteiger partial charge < -0.3 is 10.8 Å². The first-order chi connectivity index (χ1) is 10.9. The molecular formula is C13H26N2O7S2. The van der Waals surface area contributed by atoms with Crippen molar-refractivity contribution in [2.75, 3.05) is 18.6 Å². The van der Waals surface area contributed by atoms with Crippen LogP contribution in [0.1, 0.15) is 39.5 Å². The number of carbonyl (C=O) groups is 2. The van der Waals surface area contributed by atoms with E-state index in [0.717, 1.165) is 0 Å². The zero-order valence-electron chi connectivity index (χ0n) is 14.1. The molecule has 3 N–H and O–H groups in total. The highest BCUT2D eigenvalue weighted by atomic mass is 32.2. The van der Waals surface area contributed by atoms with Crippen molar-refractivity contribution in [3.05, 3.63) is 0 Å². The Morgan fingerprint density at radius 2 is 1.54 bits per heavy atom. The Bertz CT molecular complexity index is 637. The van der Waals surface area contributed by atoms with Crippen molar-refractivity contribution in [1.82, 2.24) is 4.31 Å². The van der Waals surface area contributed by atoms with Crippen molar-refractivity contribution in [2.24, 2.45) is 5.73 Å². The maximum atomic E-state index is 12.5. The first-order valence-corrected chi connectivity index (χ1v) is 11.1. The standard InChI is InChI=1S/C13H26N2O7S2/c1-4-6-10(7-5-2)24(21,22)9-11(13(17)18)15(12(16)8-14)23(3,19)20/h10-11H,4-9,14H2,1-3H3,(H,17,18)/t11-/m0/s1. The molecule has 0 rings (SSSR count). The highest BCUT2D eigenvalue weighted by molar-refractivity contribution is 7.92. The second-order valence-corrected chi connectivity index (χ2v) is 9.72. The molecule has 0 heterocycles. The van der Waals surface area contributed by atoms with Crippen molar-refractivity contribution in [2.45, 2.75) is 50.8 Å². The van der Waals surface area contributed by atoms with E-state index >= 15 is 0 Å². The number of hydrogen-bond acceptors (Lipinski definition) is 7. The summed E-state index contributed by atoms with van der Waals surface area (Å²) < 4.78 is 48.7. The van der Waals surface area contributed by atoms with E-state index in [4.69, 9.17) is 5.73 Å². The van der Waals surface area contributed by atoms with Crippen molar-refractivity contribution in [3.63, 3.8) is 0 Å². The third-order valence-corrected chi connectivity index (χ3v) is 6.91. The molecule has 0 unspecified atom stereocenters. The van der Waals surface area contributed by atoms with E-state index in [1.165, 1.54) is 0 Å². The van der Waals surface area contributed by atoms with Crippen LogP contribution in [-0.4, -0.2) is 68.0 Å². The fourth-order valence-corrected chi connectivity index (χ4v) is 5.78.